The van der Waals surface area contributed by atoms with E-state index in [1.807, 2.05) is 0 Å². The minimum absolute atomic E-state index is 0.00681. The summed E-state index contributed by atoms with van der Waals surface area (Å²) in [7, 11) is 0. The summed E-state index contributed by atoms with van der Waals surface area (Å²) in [4.78, 5) is 25.9. The number of rotatable bonds is 4. The summed E-state index contributed by atoms with van der Waals surface area (Å²) in [5, 5.41) is 0. The van der Waals surface area contributed by atoms with Crippen LogP contribution in [0.4, 0.5) is 13.2 Å². The molecule has 0 aromatic heterocycles. The van der Waals surface area contributed by atoms with E-state index < -0.39 is 29.1 Å². The molecule has 0 spiro atoms. The predicted octanol–water partition coefficient (Wildman–Crippen LogP) is 4.56. The Balaban J connectivity index is 1.56. The average molecular weight is 394 g/mol. The molecule has 1 aliphatic heterocycles. The third kappa shape index (κ3) is 2.73. The standard InChI is InChI=1S/C21H21F3O4/c22-21(23,24)19(26)17(18(25)14-1-2-15-16(6-14)28-10-27-15)20-7-11-3-12(8-20)5-13(4-11)9-20/h1-2,6,11-13,17H,3-5,7-10H2/t11?,12?,13?,17-,20?/m1/s1. The van der Waals surface area contributed by atoms with Gasteiger partial charge >= 0.3 is 6.18 Å². The van der Waals surface area contributed by atoms with Gasteiger partial charge in [0, 0.05) is 5.56 Å². The molecule has 0 radical (unpaired) electrons. The fourth-order valence-electron chi connectivity index (χ4n) is 6.59. The average Bonchev–Trinajstić information content (AvgIpc) is 3.07. The Hall–Kier alpha value is -2.05. The Labute approximate surface area is 160 Å². The predicted molar refractivity (Wildman–Crippen MR) is 92.1 cm³/mol. The first-order chi connectivity index (χ1) is 13.2. The number of alkyl halides is 3. The van der Waals surface area contributed by atoms with Crippen LogP contribution in [0.2, 0.25) is 0 Å². The van der Waals surface area contributed by atoms with Crippen molar-refractivity contribution in [1.29, 1.82) is 0 Å². The van der Waals surface area contributed by atoms with Gasteiger partial charge in [0.2, 0.25) is 12.6 Å². The molecule has 0 saturated heterocycles. The van der Waals surface area contributed by atoms with Crippen LogP contribution in [0.3, 0.4) is 0 Å². The molecule has 0 N–H and O–H groups in total. The third-order valence-corrected chi connectivity index (χ3v) is 7.16. The Kier molecular flexibility index (Phi) is 3.84. The topological polar surface area (TPSA) is 52.6 Å². The van der Waals surface area contributed by atoms with Crippen molar-refractivity contribution in [3.63, 3.8) is 0 Å². The molecule has 1 aromatic carbocycles. The van der Waals surface area contributed by atoms with Gasteiger partial charge in [-0.2, -0.15) is 13.2 Å². The number of hydrogen-bond acceptors (Lipinski definition) is 4. The van der Waals surface area contributed by atoms with Crippen LogP contribution >= 0.6 is 0 Å². The van der Waals surface area contributed by atoms with Crippen LogP contribution in [0.25, 0.3) is 0 Å². The fourth-order valence-corrected chi connectivity index (χ4v) is 6.59. The number of carbonyl (C=O) groups is 2. The third-order valence-electron chi connectivity index (χ3n) is 7.16. The zero-order valence-electron chi connectivity index (χ0n) is 15.3. The van der Waals surface area contributed by atoms with E-state index in [0.717, 1.165) is 19.3 Å². The number of ether oxygens (including phenoxy) is 2. The van der Waals surface area contributed by atoms with Gasteiger partial charge in [-0.25, -0.2) is 0 Å². The first kappa shape index (κ1) is 18.0. The van der Waals surface area contributed by atoms with Crippen molar-refractivity contribution in [2.75, 3.05) is 6.79 Å². The molecule has 1 atom stereocenters. The Morgan fingerprint density at radius 1 is 0.964 bits per heavy atom. The largest absolute Gasteiger partial charge is 0.454 e. The lowest BCUT2D eigenvalue weighted by Gasteiger charge is -2.58. The molecular weight excluding hydrogens is 373 g/mol. The zero-order valence-corrected chi connectivity index (χ0v) is 15.3. The highest BCUT2D eigenvalue weighted by Gasteiger charge is 2.61. The quantitative estimate of drug-likeness (QED) is 0.555. The molecule has 4 nitrogen and oxygen atoms in total. The fraction of sp³-hybridized carbons (Fsp3) is 0.619. The lowest BCUT2D eigenvalue weighted by molar-refractivity contribution is -0.183. The van der Waals surface area contributed by atoms with Crippen LogP contribution in [0, 0.1) is 29.1 Å². The normalized spacial score (nSPS) is 33.8. The second-order valence-corrected chi connectivity index (χ2v) is 9.01. The molecule has 7 heteroatoms. The molecule has 4 fully saturated rings. The van der Waals surface area contributed by atoms with Crippen molar-refractivity contribution in [1.82, 2.24) is 0 Å². The van der Waals surface area contributed by atoms with Crippen LogP contribution in [-0.4, -0.2) is 24.5 Å². The summed E-state index contributed by atoms with van der Waals surface area (Å²) in [6.45, 7) is 0.00681. The molecule has 150 valence electrons. The highest BCUT2D eigenvalue weighted by atomic mass is 19.4. The highest BCUT2D eigenvalue weighted by Crippen LogP contribution is 2.63. The van der Waals surface area contributed by atoms with E-state index >= 15 is 0 Å². The van der Waals surface area contributed by atoms with Crippen LogP contribution in [0.1, 0.15) is 48.9 Å². The Bertz CT molecular complexity index is 809. The first-order valence-corrected chi connectivity index (χ1v) is 9.80. The Morgan fingerprint density at radius 2 is 1.54 bits per heavy atom. The molecule has 0 unspecified atom stereocenters. The van der Waals surface area contributed by atoms with Gasteiger partial charge in [0.15, 0.2) is 17.3 Å². The number of hydrogen-bond donors (Lipinski definition) is 0. The van der Waals surface area contributed by atoms with Gasteiger partial charge in [0.25, 0.3) is 0 Å². The van der Waals surface area contributed by atoms with Crippen molar-refractivity contribution in [2.45, 2.75) is 44.7 Å². The van der Waals surface area contributed by atoms with Crippen molar-refractivity contribution >= 4 is 11.6 Å². The maximum Gasteiger partial charge on any atom is 0.450 e. The van der Waals surface area contributed by atoms with Crippen molar-refractivity contribution < 1.29 is 32.2 Å². The molecule has 4 bridgehead atoms. The van der Waals surface area contributed by atoms with Crippen LogP contribution in [0.5, 0.6) is 11.5 Å². The molecule has 0 amide bonds. The molecule has 4 aliphatic carbocycles. The minimum Gasteiger partial charge on any atom is -0.454 e. The van der Waals surface area contributed by atoms with Gasteiger partial charge in [-0.15, -0.1) is 0 Å². The van der Waals surface area contributed by atoms with Crippen molar-refractivity contribution in [3.05, 3.63) is 23.8 Å². The van der Waals surface area contributed by atoms with E-state index in [2.05, 4.69) is 0 Å². The molecular formula is C21H21F3O4. The summed E-state index contributed by atoms with van der Waals surface area (Å²) in [5.41, 5.74) is -0.781. The first-order valence-electron chi connectivity index (χ1n) is 9.80. The summed E-state index contributed by atoms with van der Waals surface area (Å²) >= 11 is 0. The number of halogens is 3. The molecule has 6 rings (SSSR count). The molecule has 28 heavy (non-hydrogen) atoms. The van der Waals surface area contributed by atoms with Gasteiger partial charge in [-0.3, -0.25) is 9.59 Å². The number of benzene rings is 1. The zero-order chi connectivity index (χ0) is 19.7. The number of fused-ring (bicyclic) bond motifs is 1. The molecule has 4 saturated carbocycles. The van der Waals surface area contributed by atoms with E-state index in [4.69, 9.17) is 9.47 Å². The van der Waals surface area contributed by atoms with Crippen LogP contribution in [0.15, 0.2) is 18.2 Å². The summed E-state index contributed by atoms with van der Waals surface area (Å²) < 4.78 is 51.1. The lowest BCUT2D eigenvalue weighted by atomic mass is 9.45. The SMILES string of the molecule is O=C(c1ccc2c(c1)OCO2)[C@H](C(=O)C(F)(F)F)C12CC3CC(CC(C3)C1)C2. The van der Waals surface area contributed by atoms with Crippen LogP contribution in [-0.2, 0) is 4.79 Å². The maximum atomic E-state index is 13.5. The monoisotopic (exact) mass is 394 g/mol. The van der Waals surface area contributed by atoms with E-state index in [1.165, 1.54) is 18.2 Å². The van der Waals surface area contributed by atoms with E-state index in [1.54, 1.807) is 0 Å². The number of ketones is 2. The van der Waals surface area contributed by atoms with Crippen molar-refractivity contribution in [2.24, 2.45) is 29.1 Å². The van der Waals surface area contributed by atoms with Crippen LogP contribution < -0.4 is 9.47 Å². The second-order valence-electron chi connectivity index (χ2n) is 9.01. The second kappa shape index (κ2) is 5.97. The summed E-state index contributed by atoms with van der Waals surface area (Å²) in [5.74, 6) is -2.52. The van der Waals surface area contributed by atoms with E-state index in [0.29, 0.717) is 48.5 Å². The number of Topliss-reactive ketones (excluding diaryl/α,β-unsaturated/α-hetero) is 2. The highest BCUT2D eigenvalue weighted by molar-refractivity contribution is 6.13. The van der Waals surface area contributed by atoms with E-state index in [9.17, 15) is 22.8 Å². The van der Waals surface area contributed by atoms with Gasteiger partial charge < -0.3 is 9.47 Å². The Morgan fingerprint density at radius 3 is 2.11 bits per heavy atom. The molecule has 1 aromatic rings. The number of carbonyl (C=O) groups excluding carboxylic acids is 2. The van der Waals surface area contributed by atoms with Gasteiger partial charge in [0.1, 0.15) is 0 Å². The molecule has 5 aliphatic rings. The smallest absolute Gasteiger partial charge is 0.450 e. The van der Waals surface area contributed by atoms with Gasteiger partial charge in [-0.1, -0.05) is 0 Å². The maximum absolute atomic E-state index is 13.5. The summed E-state index contributed by atoms with van der Waals surface area (Å²) in [6, 6.07) is 4.36. The minimum atomic E-state index is -5.03. The lowest BCUT2D eigenvalue weighted by Crippen LogP contribution is -2.55. The van der Waals surface area contributed by atoms with E-state index in [-0.39, 0.29) is 12.4 Å². The van der Waals surface area contributed by atoms with Crippen molar-refractivity contribution in [3.8, 4) is 11.5 Å². The summed E-state index contributed by atoms with van der Waals surface area (Å²) in [6.07, 6.45) is -0.343. The van der Waals surface area contributed by atoms with Gasteiger partial charge in [-0.05, 0) is 79.9 Å². The van der Waals surface area contributed by atoms with Gasteiger partial charge in [0.05, 0.1) is 5.92 Å². The molecule has 1 heterocycles.